The van der Waals surface area contributed by atoms with Crippen LogP contribution in [0.3, 0.4) is 0 Å². The van der Waals surface area contributed by atoms with Crippen molar-refractivity contribution >= 4 is 27.8 Å². The van der Waals surface area contributed by atoms with Gasteiger partial charge in [-0.3, -0.25) is 0 Å². The molecule has 22 heavy (non-hydrogen) atoms. The van der Waals surface area contributed by atoms with Gasteiger partial charge in [0, 0.05) is 10.8 Å². The Bertz CT molecular complexity index is 790. The van der Waals surface area contributed by atoms with E-state index in [4.69, 9.17) is 4.74 Å². The zero-order chi connectivity index (χ0) is 15.9. The first-order valence-electron chi connectivity index (χ1n) is 7.62. The van der Waals surface area contributed by atoms with E-state index in [-0.39, 0.29) is 12.1 Å². The summed E-state index contributed by atoms with van der Waals surface area (Å²) in [5.41, 5.74) is 1.33. The molecule has 3 aromatic rings. The van der Waals surface area contributed by atoms with E-state index in [9.17, 15) is 4.79 Å². The van der Waals surface area contributed by atoms with Crippen LogP contribution in [0.5, 0.6) is 0 Å². The first kappa shape index (κ1) is 14.6. The van der Waals surface area contributed by atoms with Gasteiger partial charge in [0.15, 0.2) is 0 Å². The van der Waals surface area contributed by atoms with Crippen molar-refractivity contribution in [3.8, 4) is 0 Å². The normalized spacial score (nSPS) is 12.2. The van der Waals surface area contributed by atoms with E-state index in [1.165, 1.54) is 0 Å². The molecular formula is C19H21NO2. The SMILES string of the molecule is CC(C)OC(=O)C(C)(C)n1c2ccccc2c2ccccc21. The number of hydrogen-bond acceptors (Lipinski definition) is 2. The molecule has 0 unspecified atom stereocenters. The van der Waals surface area contributed by atoms with Crippen molar-refractivity contribution in [3.63, 3.8) is 0 Å². The van der Waals surface area contributed by atoms with E-state index in [1.54, 1.807) is 0 Å². The Kier molecular flexibility index (Phi) is 3.44. The van der Waals surface area contributed by atoms with Gasteiger partial charge in [-0.1, -0.05) is 36.4 Å². The van der Waals surface area contributed by atoms with Crippen LogP contribution in [0.4, 0.5) is 0 Å². The molecule has 3 nitrogen and oxygen atoms in total. The zero-order valence-electron chi connectivity index (χ0n) is 13.5. The molecule has 1 aromatic heterocycles. The minimum Gasteiger partial charge on any atom is -0.461 e. The van der Waals surface area contributed by atoms with Crippen LogP contribution in [0.1, 0.15) is 27.7 Å². The molecule has 0 aliphatic rings. The third-order valence-electron chi connectivity index (χ3n) is 3.98. The molecule has 0 atom stereocenters. The lowest BCUT2D eigenvalue weighted by atomic mass is 10.0. The highest BCUT2D eigenvalue weighted by atomic mass is 16.5. The van der Waals surface area contributed by atoms with E-state index in [2.05, 4.69) is 28.8 Å². The minimum atomic E-state index is -0.771. The zero-order valence-corrected chi connectivity index (χ0v) is 13.5. The fraction of sp³-hybridized carbons (Fsp3) is 0.316. The summed E-state index contributed by atoms with van der Waals surface area (Å²) in [6.07, 6.45) is -0.125. The van der Waals surface area contributed by atoms with Crippen molar-refractivity contribution in [1.29, 1.82) is 0 Å². The van der Waals surface area contributed by atoms with Crippen molar-refractivity contribution in [2.75, 3.05) is 0 Å². The van der Waals surface area contributed by atoms with Crippen LogP contribution in [-0.2, 0) is 15.1 Å². The van der Waals surface area contributed by atoms with Crippen molar-refractivity contribution in [3.05, 3.63) is 48.5 Å². The lowest BCUT2D eigenvalue weighted by molar-refractivity contribution is -0.156. The molecule has 1 heterocycles. The maximum Gasteiger partial charge on any atom is 0.332 e. The highest BCUT2D eigenvalue weighted by molar-refractivity contribution is 6.09. The molecule has 0 N–H and O–H groups in total. The molecule has 3 heteroatoms. The fourth-order valence-electron chi connectivity index (χ4n) is 2.97. The molecule has 0 saturated carbocycles. The second-order valence-corrected chi connectivity index (χ2v) is 6.38. The van der Waals surface area contributed by atoms with Crippen molar-refractivity contribution in [2.24, 2.45) is 0 Å². The van der Waals surface area contributed by atoms with E-state index >= 15 is 0 Å². The third-order valence-corrected chi connectivity index (χ3v) is 3.98. The second kappa shape index (κ2) is 5.16. The minimum absolute atomic E-state index is 0.125. The number of fused-ring (bicyclic) bond motifs is 3. The Morgan fingerprint density at radius 3 is 1.86 bits per heavy atom. The Morgan fingerprint density at radius 1 is 0.955 bits per heavy atom. The molecule has 3 rings (SSSR count). The fourth-order valence-corrected chi connectivity index (χ4v) is 2.97. The van der Waals surface area contributed by atoms with Gasteiger partial charge >= 0.3 is 5.97 Å². The first-order valence-corrected chi connectivity index (χ1v) is 7.62. The van der Waals surface area contributed by atoms with Crippen LogP contribution in [-0.4, -0.2) is 16.6 Å². The maximum atomic E-state index is 12.6. The average Bonchev–Trinajstić information content (AvgIpc) is 2.81. The number of carbonyl (C=O) groups excluding carboxylic acids is 1. The molecule has 114 valence electrons. The molecule has 0 aliphatic carbocycles. The quantitative estimate of drug-likeness (QED) is 0.667. The van der Waals surface area contributed by atoms with Gasteiger partial charge in [0.25, 0.3) is 0 Å². The number of hydrogen-bond donors (Lipinski definition) is 0. The summed E-state index contributed by atoms with van der Waals surface area (Å²) >= 11 is 0. The third kappa shape index (κ3) is 2.17. The van der Waals surface area contributed by atoms with E-state index in [0.717, 1.165) is 21.8 Å². The number of aromatic nitrogens is 1. The lowest BCUT2D eigenvalue weighted by Crippen LogP contribution is -2.38. The van der Waals surface area contributed by atoms with Crippen molar-refractivity contribution in [2.45, 2.75) is 39.3 Å². The molecule has 0 saturated heterocycles. The number of nitrogens with zero attached hydrogens (tertiary/aromatic N) is 1. The van der Waals surface area contributed by atoms with Crippen LogP contribution in [0.2, 0.25) is 0 Å². The molecule has 0 amide bonds. The average molecular weight is 295 g/mol. The van der Waals surface area contributed by atoms with Crippen LogP contribution in [0, 0.1) is 0 Å². The summed E-state index contributed by atoms with van der Waals surface area (Å²) in [7, 11) is 0. The number of rotatable bonds is 3. The maximum absolute atomic E-state index is 12.6. The Morgan fingerprint density at radius 2 is 1.41 bits per heavy atom. The largest absolute Gasteiger partial charge is 0.461 e. The Hall–Kier alpha value is -2.29. The summed E-state index contributed by atoms with van der Waals surface area (Å²) in [6, 6.07) is 16.4. The molecule has 0 fully saturated rings. The summed E-state index contributed by atoms with van der Waals surface area (Å²) in [5.74, 6) is -0.214. The molecule has 0 radical (unpaired) electrons. The summed E-state index contributed by atoms with van der Waals surface area (Å²) in [5, 5.41) is 2.31. The monoisotopic (exact) mass is 295 g/mol. The van der Waals surface area contributed by atoms with Gasteiger partial charge in [0.1, 0.15) is 5.54 Å². The number of ether oxygens (including phenoxy) is 1. The van der Waals surface area contributed by atoms with Gasteiger partial charge < -0.3 is 9.30 Å². The smallest absolute Gasteiger partial charge is 0.332 e. The van der Waals surface area contributed by atoms with Gasteiger partial charge in [-0.15, -0.1) is 0 Å². The summed E-state index contributed by atoms with van der Waals surface area (Å²) in [4.78, 5) is 12.6. The lowest BCUT2D eigenvalue weighted by Gasteiger charge is -2.28. The summed E-state index contributed by atoms with van der Waals surface area (Å²) < 4.78 is 7.56. The Balaban J connectivity index is 2.30. The Labute approximate surface area is 130 Å². The number of benzene rings is 2. The van der Waals surface area contributed by atoms with Gasteiger partial charge in [-0.05, 0) is 39.8 Å². The van der Waals surface area contributed by atoms with Crippen LogP contribution in [0.15, 0.2) is 48.5 Å². The molecular weight excluding hydrogens is 274 g/mol. The number of esters is 1. The highest BCUT2D eigenvalue weighted by Crippen LogP contribution is 2.34. The van der Waals surface area contributed by atoms with Gasteiger partial charge in [-0.25, -0.2) is 4.79 Å². The first-order chi connectivity index (χ1) is 10.4. The number of carbonyl (C=O) groups is 1. The molecule has 0 aliphatic heterocycles. The van der Waals surface area contributed by atoms with Crippen molar-refractivity contribution in [1.82, 2.24) is 4.57 Å². The standard InChI is InChI=1S/C19H21NO2/c1-13(2)22-18(21)19(3,4)20-16-11-7-5-9-14(16)15-10-6-8-12-17(15)20/h5-13H,1-4H3. The number of para-hydroxylation sites is 2. The van der Waals surface area contributed by atoms with Crippen molar-refractivity contribution < 1.29 is 9.53 Å². The second-order valence-electron chi connectivity index (χ2n) is 6.38. The van der Waals surface area contributed by atoms with E-state index < -0.39 is 5.54 Å². The topological polar surface area (TPSA) is 31.2 Å². The molecule has 0 spiro atoms. The van der Waals surface area contributed by atoms with Gasteiger partial charge in [0.05, 0.1) is 17.1 Å². The van der Waals surface area contributed by atoms with Crippen LogP contribution < -0.4 is 0 Å². The van der Waals surface area contributed by atoms with E-state index in [1.807, 2.05) is 52.0 Å². The van der Waals surface area contributed by atoms with Gasteiger partial charge in [-0.2, -0.15) is 0 Å². The molecule has 2 aromatic carbocycles. The molecule has 0 bridgehead atoms. The van der Waals surface area contributed by atoms with Gasteiger partial charge in [0.2, 0.25) is 0 Å². The predicted octanol–water partition coefficient (Wildman–Crippen LogP) is 4.48. The summed E-state index contributed by atoms with van der Waals surface area (Å²) in [6.45, 7) is 7.58. The van der Waals surface area contributed by atoms with Crippen LogP contribution >= 0.6 is 0 Å². The van der Waals surface area contributed by atoms with E-state index in [0.29, 0.717) is 0 Å². The predicted molar refractivity (Wildman–Crippen MR) is 90.0 cm³/mol. The highest BCUT2D eigenvalue weighted by Gasteiger charge is 2.34. The van der Waals surface area contributed by atoms with Crippen LogP contribution in [0.25, 0.3) is 21.8 Å².